The predicted octanol–water partition coefficient (Wildman–Crippen LogP) is 3.02. The van der Waals surface area contributed by atoms with Crippen LogP contribution in [-0.4, -0.2) is 16.2 Å². The Labute approximate surface area is 110 Å². The molecule has 1 N–H and O–H groups in total. The summed E-state index contributed by atoms with van der Waals surface area (Å²) in [5.41, 5.74) is 1.21. The highest BCUT2D eigenvalue weighted by Crippen LogP contribution is 2.19. The Morgan fingerprint density at radius 2 is 2.00 bits per heavy atom. The van der Waals surface area contributed by atoms with Crippen LogP contribution in [0.2, 0.25) is 5.02 Å². The molecule has 2 rings (SSSR count). The molecule has 2 nitrogen and oxygen atoms in total. The molecule has 94 valence electrons. The van der Waals surface area contributed by atoms with Gasteiger partial charge in [0.05, 0.1) is 11.1 Å². The van der Waals surface area contributed by atoms with Gasteiger partial charge in [0, 0.05) is 24.7 Å². The van der Waals surface area contributed by atoms with Gasteiger partial charge in [0.25, 0.3) is 0 Å². The Kier molecular flexibility index (Phi) is 4.28. The van der Waals surface area contributed by atoms with Gasteiger partial charge in [0.1, 0.15) is 5.82 Å². The van der Waals surface area contributed by atoms with E-state index in [1.807, 2.05) is 18.2 Å². The molecule has 0 saturated heterocycles. The van der Waals surface area contributed by atoms with Crippen LogP contribution in [0, 0.1) is 5.82 Å². The van der Waals surface area contributed by atoms with E-state index in [1.165, 1.54) is 6.07 Å². The van der Waals surface area contributed by atoms with Crippen LogP contribution in [0.3, 0.4) is 0 Å². The fraction of sp³-hybridized carbons (Fsp3) is 0.214. The quantitative estimate of drug-likeness (QED) is 0.922. The normalized spacial score (nSPS) is 12.4. The van der Waals surface area contributed by atoms with Gasteiger partial charge in [-0.1, -0.05) is 29.8 Å². The number of aliphatic hydroxyl groups is 1. The maximum atomic E-state index is 13.6. The highest BCUT2D eigenvalue weighted by molar-refractivity contribution is 6.30. The molecule has 0 saturated carbocycles. The molecule has 1 aromatic heterocycles. The van der Waals surface area contributed by atoms with Crippen LogP contribution in [0.5, 0.6) is 0 Å². The van der Waals surface area contributed by atoms with Gasteiger partial charge >= 0.3 is 0 Å². The molecule has 0 aliphatic carbocycles. The van der Waals surface area contributed by atoms with Crippen LogP contribution in [-0.2, 0) is 12.8 Å². The van der Waals surface area contributed by atoms with Crippen molar-refractivity contribution in [2.75, 3.05) is 0 Å². The Morgan fingerprint density at radius 1 is 1.17 bits per heavy atom. The van der Waals surface area contributed by atoms with Crippen LogP contribution in [0.15, 0.2) is 42.6 Å². The van der Waals surface area contributed by atoms with Crippen molar-refractivity contribution >= 4 is 11.6 Å². The van der Waals surface area contributed by atoms with E-state index in [1.54, 1.807) is 18.3 Å². The SMILES string of the molecule is OC(Cc1ccccn1)Cc1cccc(Cl)c1F. The lowest BCUT2D eigenvalue weighted by Gasteiger charge is -2.11. The highest BCUT2D eigenvalue weighted by Gasteiger charge is 2.12. The van der Waals surface area contributed by atoms with Crippen LogP contribution in [0.1, 0.15) is 11.3 Å². The summed E-state index contributed by atoms with van der Waals surface area (Å²) in [5.74, 6) is -0.459. The van der Waals surface area contributed by atoms with Crippen molar-refractivity contribution in [1.82, 2.24) is 4.98 Å². The van der Waals surface area contributed by atoms with Crippen LogP contribution in [0.4, 0.5) is 4.39 Å². The molecule has 0 aliphatic rings. The average Bonchev–Trinajstić information content (AvgIpc) is 2.36. The molecule has 0 amide bonds. The third kappa shape index (κ3) is 3.28. The molecular weight excluding hydrogens is 253 g/mol. The van der Waals surface area contributed by atoms with Gasteiger partial charge in [-0.25, -0.2) is 4.39 Å². The first-order chi connectivity index (χ1) is 8.66. The number of nitrogens with zero attached hydrogens (tertiary/aromatic N) is 1. The first-order valence-electron chi connectivity index (χ1n) is 5.67. The second kappa shape index (κ2) is 5.94. The number of halogens is 2. The molecule has 0 bridgehead atoms. The van der Waals surface area contributed by atoms with Crippen molar-refractivity contribution in [3.63, 3.8) is 0 Å². The summed E-state index contributed by atoms with van der Waals surface area (Å²) in [6, 6.07) is 10.3. The number of benzene rings is 1. The van der Waals surface area contributed by atoms with Crippen molar-refractivity contribution in [3.05, 3.63) is 64.7 Å². The summed E-state index contributed by atoms with van der Waals surface area (Å²) in [6.07, 6.45) is 1.62. The highest BCUT2D eigenvalue weighted by atomic mass is 35.5. The lowest BCUT2D eigenvalue weighted by Crippen LogP contribution is -2.15. The van der Waals surface area contributed by atoms with Crippen molar-refractivity contribution in [3.8, 4) is 0 Å². The second-order valence-corrected chi connectivity index (χ2v) is 4.50. The minimum atomic E-state index is -0.673. The van der Waals surface area contributed by atoms with E-state index < -0.39 is 11.9 Å². The molecular formula is C14H13ClFNO. The molecule has 1 unspecified atom stereocenters. The second-order valence-electron chi connectivity index (χ2n) is 4.10. The van der Waals surface area contributed by atoms with E-state index >= 15 is 0 Å². The maximum Gasteiger partial charge on any atom is 0.145 e. The molecule has 0 radical (unpaired) electrons. The number of hydrogen-bond donors (Lipinski definition) is 1. The third-order valence-corrected chi connectivity index (χ3v) is 2.95. The lowest BCUT2D eigenvalue weighted by molar-refractivity contribution is 0.173. The van der Waals surface area contributed by atoms with Gasteiger partial charge in [-0.05, 0) is 23.8 Å². The van der Waals surface area contributed by atoms with Crippen molar-refractivity contribution in [1.29, 1.82) is 0 Å². The zero-order chi connectivity index (χ0) is 13.0. The molecule has 0 spiro atoms. The number of aliphatic hydroxyl groups excluding tert-OH is 1. The smallest absolute Gasteiger partial charge is 0.145 e. The van der Waals surface area contributed by atoms with Gasteiger partial charge < -0.3 is 5.11 Å². The van der Waals surface area contributed by atoms with E-state index in [0.717, 1.165) is 5.69 Å². The van der Waals surface area contributed by atoms with Crippen LogP contribution >= 0.6 is 11.6 Å². The van der Waals surface area contributed by atoms with E-state index in [2.05, 4.69) is 4.98 Å². The largest absolute Gasteiger partial charge is 0.392 e. The first kappa shape index (κ1) is 13.0. The third-order valence-electron chi connectivity index (χ3n) is 2.66. The van der Waals surface area contributed by atoms with Crippen molar-refractivity contribution in [2.45, 2.75) is 18.9 Å². The molecule has 0 aliphatic heterocycles. The maximum absolute atomic E-state index is 13.6. The standard InChI is InChI=1S/C14H13ClFNO/c15-13-6-3-4-10(14(13)16)8-12(18)9-11-5-1-2-7-17-11/h1-7,12,18H,8-9H2. The van der Waals surface area contributed by atoms with Gasteiger partial charge in [-0.15, -0.1) is 0 Å². The number of hydrogen-bond acceptors (Lipinski definition) is 2. The Balaban J connectivity index is 2.03. The van der Waals surface area contributed by atoms with Gasteiger partial charge in [0.15, 0.2) is 0 Å². The van der Waals surface area contributed by atoms with Crippen LogP contribution in [0.25, 0.3) is 0 Å². The van der Waals surface area contributed by atoms with Gasteiger partial charge in [-0.3, -0.25) is 4.98 Å². The van der Waals surface area contributed by atoms with Crippen LogP contribution < -0.4 is 0 Å². The Hall–Kier alpha value is -1.45. The van der Waals surface area contributed by atoms with Gasteiger partial charge in [0.2, 0.25) is 0 Å². The number of pyridine rings is 1. The summed E-state index contributed by atoms with van der Waals surface area (Å²) in [7, 11) is 0. The summed E-state index contributed by atoms with van der Waals surface area (Å²) in [5, 5.41) is 10.0. The molecule has 4 heteroatoms. The minimum Gasteiger partial charge on any atom is -0.392 e. The van der Waals surface area contributed by atoms with E-state index in [4.69, 9.17) is 11.6 Å². The summed E-state index contributed by atoms with van der Waals surface area (Å²) >= 11 is 5.69. The first-order valence-corrected chi connectivity index (χ1v) is 6.05. The van der Waals surface area contributed by atoms with E-state index in [-0.39, 0.29) is 11.4 Å². The number of rotatable bonds is 4. The molecule has 2 aromatic rings. The zero-order valence-electron chi connectivity index (χ0n) is 9.68. The average molecular weight is 266 g/mol. The Bertz CT molecular complexity index is 518. The topological polar surface area (TPSA) is 33.1 Å². The predicted molar refractivity (Wildman–Crippen MR) is 69.1 cm³/mol. The molecule has 1 heterocycles. The Morgan fingerprint density at radius 3 is 2.72 bits per heavy atom. The molecule has 0 fully saturated rings. The molecule has 1 aromatic carbocycles. The molecule has 18 heavy (non-hydrogen) atoms. The lowest BCUT2D eigenvalue weighted by atomic mass is 10.0. The number of aromatic nitrogens is 1. The summed E-state index contributed by atoms with van der Waals surface area (Å²) in [6.45, 7) is 0. The summed E-state index contributed by atoms with van der Waals surface area (Å²) < 4.78 is 13.6. The monoisotopic (exact) mass is 265 g/mol. The van der Waals surface area contributed by atoms with E-state index in [9.17, 15) is 9.50 Å². The van der Waals surface area contributed by atoms with Crippen molar-refractivity contribution in [2.24, 2.45) is 0 Å². The van der Waals surface area contributed by atoms with E-state index in [0.29, 0.717) is 12.0 Å². The summed E-state index contributed by atoms with van der Waals surface area (Å²) in [4.78, 5) is 4.12. The zero-order valence-corrected chi connectivity index (χ0v) is 10.4. The molecule has 1 atom stereocenters. The fourth-order valence-corrected chi connectivity index (χ4v) is 1.99. The van der Waals surface area contributed by atoms with Gasteiger partial charge in [-0.2, -0.15) is 0 Å². The van der Waals surface area contributed by atoms with Crippen molar-refractivity contribution < 1.29 is 9.50 Å². The minimum absolute atomic E-state index is 0.0811. The fourth-order valence-electron chi connectivity index (χ4n) is 1.79.